The van der Waals surface area contributed by atoms with Crippen LogP contribution in [0.4, 0.5) is 5.69 Å². The number of likely N-dealkylation sites (tertiary alicyclic amines) is 1. The Bertz CT molecular complexity index is 1120. The van der Waals surface area contributed by atoms with E-state index in [9.17, 15) is 9.59 Å². The molecule has 172 valence electrons. The number of amides is 2. The molecule has 8 heteroatoms. The Morgan fingerprint density at radius 1 is 1.24 bits per heavy atom. The molecule has 0 saturated carbocycles. The first-order valence-electron chi connectivity index (χ1n) is 11.3. The van der Waals surface area contributed by atoms with Gasteiger partial charge in [0.15, 0.2) is 0 Å². The monoisotopic (exact) mass is 464 g/mol. The quantitative estimate of drug-likeness (QED) is 0.543. The third-order valence-corrected chi connectivity index (χ3v) is 6.78. The number of pyridine rings is 1. The molecule has 7 nitrogen and oxygen atoms in total. The van der Waals surface area contributed by atoms with E-state index in [1.165, 1.54) is 11.3 Å². The van der Waals surface area contributed by atoms with E-state index in [0.29, 0.717) is 41.7 Å². The van der Waals surface area contributed by atoms with E-state index in [2.05, 4.69) is 15.3 Å². The molecule has 3 aromatic rings. The van der Waals surface area contributed by atoms with Crippen LogP contribution in [0, 0.1) is 12.8 Å². The Morgan fingerprint density at radius 3 is 2.88 bits per heavy atom. The van der Waals surface area contributed by atoms with Crippen LogP contribution in [0.2, 0.25) is 0 Å². The number of benzene rings is 1. The predicted molar refractivity (Wildman–Crippen MR) is 130 cm³/mol. The summed E-state index contributed by atoms with van der Waals surface area (Å²) in [5.74, 6) is 0.244. The van der Waals surface area contributed by atoms with Crippen molar-refractivity contribution in [1.82, 2.24) is 14.9 Å². The van der Waals surface area contributed by atoms with Crippen molar-refractivity contribution in [3.8, 4) is 16.3 Å². The molecule has 33 heavy (non-hydrogen) atoms. The number of carbonyl (C=O) groups excluding carboxylic acids is 2. The maximum absolute atomic E-state index is 13.3. The van der Waals surface area contributed by atoms with Crippen molar-refractivity contribution in [2.75, 3.05) is 25.0 Å². The molecule has 1 N–H and O–H groups in total. The maximum atomic E-state index is 13.3. The van der Waals surface area contributed by atoms with Crippen molar-refractivity contribution in [3.05, 3.63) is 59.4 Å². The van der Waals surface area contributed by atoms with Crippen LogP contribution in [0.1, 0.15) is 41.6 Å². The Balaban J connectivity index is 1.44. The molecule has 1 aliphatic heterocycles. The molecular formula is C25H28N4O3S. The lowest BCUT2D eigenvalue weighted by atomic mass is 9.96. The third-order valence-electron chi connectivity index (χ3n) is 5.59. The number of thiazole rings is 1. The van der Waals surface area contributed by atoms with Crippen molar-refractivity contribution >= 4 is 28.8 Å². The number of anilines is 1. The molecule has 1 saturated heterocycles. The molecule has 0 spiro atoms. The zero-order valence-electron chi connectivity index (χ0n) is 18.9. The van der Waals surface area contributed by atoms with Gasteiger partial charge in [-0.1, -0.05) is 19.1 Å². The average molecular weight is 465 g/mol. The van der Waals surface area contributed by atoms with Crippen molar-refractivity contribution in [3.63, 3.8) is 0 Å². The molecule has 1 aliphatic rings. The van der Waals surface area contributed by atoms with E-state index in [0.717, 1.165) is 29.8 Å². The standard InChI is InChI=1S/C25H28N4O3S/c1-3-14-32-21-11-5-4-10-20(21)28-23(30)19-9-7-13-29(16-19)25(31)22-17(2)27-24(33-22)18-8-6-12-26-15-18/h4-6,8,10-12,15,19H,3,7,9,13-14,16H2,1-2H3,(H,28,30). The summed E-state index contributed by atoms with van der Waals surface area (Å²) in [7, 11) is 0. The van der Waals surface area contributed by atoms with E-state index in [4.69, 9.17) is 4.74 Å². The highest BCUT2D eigenvalue weighted by Gasteiger charge is 2.31. The fourth-order valence-electron chi connectivity index (χ4n) is 3.87. The second-order valence-corrected chi connectivity index (χ2v) is 9.10. The van der Waals surface area contributed by atoms with E-state index < -0.39 is 0 Å². The number of aromatic nitrogens is 2. The number of hydrogen-bond donors (Lipinski definition) is 1. The highest BCUT2D eigenvalue weighted by atomic mass is 32.1. The van der Waals surface area contributed by atoms with Gasteiger partial charge >= 0.3 is 0 Å². The van der Waals surface area contributed by atoms with Gasteiger partial charge in [0.2, 0.25) is 5.91 Å². The van der Waals surface area contributed by atoms with Crippen LogP contribution in [-0.2, 0) is 4.79 Å². The minimum Gasteiger partial charge on any atom is -0.491 e. The van der Waals surface area contributed by atoms with Gasteiger partial charge in [0.05, 0.1) is 23.9 Å². The van der Waals surface area contributed by atoms with Crippen molar-refractivity contribution in [2.24, 2.45) is 5.92 Å². The summed E-state index contributed by atoms with van der Waals surface area (Å²) in [6.07, 6.45) is 5.88. The Morgan fingerprint density at radius 2 is 2.09 bits per heavy atom. The first-order valence-corrected chi connectivity index (χ1v) is 12.1. The number of piperidine rings is 1. The van der Waals surface area contributed by atoms with Gasteiger partial charge in [-0.2, -0.15) is 0 Å². The second-order valence-electron chi connectivity index (χ2n) is 8.10. The molecule has 4 rings (SSSR count). The minimum absolute atomic E-state index is 0.0654. The number of aryl methyl sites for hydroxylation is 1. The lowest BCUT2D eigenvalue weighted by Gasteiger charge is -2.32. The first kappa shape index (κ1) is 22.9. The molecular weight excluding hydrogens is 436 g/mol. The number of para-hydroxylation sites is 2. The molecule has 1 aromatic carbocycles. The summed E-state index contributed by atoms with van der Waals surface area (Å²) in [5, 5.41) is 3.78. The fourth-order valence-corrected chi connectivity index (χ4v) is 4.89. The number of ether oxygens (including phenoxy) is 1. The number of nitrogens with one attached hydrogen (secondary N) is 1. The maximum Gasteiger partial charge on any atom is 0.265 e. The van der Waals surface area contributed by atoms with E-state index >= 15 is 0 Å². The van der Waals surface area contributed by atoms with Gasteiger partial charge in [-0.25, -0.2) is 4.98 Å². The molecule has 0 aliphatic carbocycles. The highest BCUT2D eigenvalue weighted by molar-refractivity contribution is 7.17. The Kier molecular flexibility index (Phi) is 7.34. The molecule has 1 atom stereocenters. The molecule has 0 radical (unpaired) electrons. The summed E-state index contributed by atoms with van der Waals surface area (Å²) in [5.41, 5.74) is 2.26. The highest BCUT2D eigenvalue weighted by Crippen LogP contribution is 2.30. The van der Waals surface area contributed by atoms with Crippen LogP contribution >= 0.6 is 11.3 Å². The molecule has 2 amide bonds. The summed E-state index contributed by atoms with van der Waals surface area (Å²) in [4.78, 5) is 37.4. The summed E-state index contributed by atoms with van der Waals surface area (Å²) >= 11 is 1.38. The smallest absolute Gasteiger partial charge is 0.265 e. The summed E-state index contributed by atoms with van der Waals surface area (Å²) < 4.78 is 5.75. The van der Waals surface area contributed by atoms with Crippen LogP contribution in [-0.4, -0.2) is 46.4 Å². The molecule has 2 aromatic heterocycles. The van der Waals surface area contributed by atoms with Crippen LogP contribution in [0.15, 0.2) is 48.8 Å². The Labute approximate surface area is 197 Å². The van der Waals surface area contributed by atoms with Gasteiger partial charge in [0.1, 0.15) is 15.6 Å². The van der Waals surface area contributed by atoms with Crippen molar-refractivity contribution in [1.29, 1.82) is 0 Å². The van der Waals surface area contributed by atoms with Crippen LogP contribution < -0.4 is 10.1 Å². The van der Waals surface area contributed by atoms with Crippen LogP contribution in [0.25, 0.3) is 10.6 Å². The minimum atomic E-state index is -0.270. The van der Waals surface area contributed by atoms with E-state index in [1.807, 2.05) is 50.2 Å². The summed E-state index contributed by atoms with van der Waals surface area (Å²) in [6.45, 7) is 5.51. The predicted octanol–water partition coefficient (Wildman–Crippen LogP) is 4.79. The average Bonchev–Trinajstić information content (AvgIpc) is 3.25. The van der Waals surface area contributed by atoms with Crippen molar-refractivity contribution < 1.29 is 14.3 Å². The topological polar surface area (TPSA) is 84.4 Å². The number of carbonyl (C=O) groups is 2. The largest absolute Gasteiger partial charge is 0.491 e. The molecule has 1 fully saturated rings. The Hall–Kier alpha value is -3.26. The van der Waals surface area contributed by atoms with E-state index in [1.54, 1.807) is 17.3 Å². The molecule has 3 heterocycles. The SMILES string of the molecule is CCCOc1ccccc1NC(=O)C1CCCN(C(=O)c2sc(-c3cccnc3)nc2C)C1. The van der Waals surface area contributed by atoms with Crippen molar-refractivity contribution in [2.45, 2.75) is 33.1 Å². The fraction of sp³-hybridized carbons (Fsp3) is 0.360. The van der Waals surface area contributed by atoms with E-state index in [-0.39, 0.29) is 17.7 Å². The number of nitrogens with zero attached hydrogens (tertiary/aromatic N) is 3. The van der Waals surface area contributed by atoms with Crippen LogP contribution in [0.3, 0.4) is 0 Å². The van der Waals surface area contributed by atoms with Gasteiger partial charge in [-0.3, -0.25) is 14.6 Å². The third kappa shape index (κ3) is 5.39. The zero-order valence-corrected chi connectivity index (χ0v) is 19.7. The lowest BCUT2D eigenvalue weighted by Crippen LogP contribution is -2.43. The van der Waals surface area contributed by atoms with Gasteiger partial charge < -0.3 is 15.0 Å². The molecule has 1 unspecified atom stereocenters. The normalized spacial score (nSPS) is 15.8. The zero-order chi connectivity index (χ0) is 23.2. The second kappa shape index (κ2) is 10.6. The molecule has 0 bridgehead atoms. The van der Waals surface area contributed by atoms with Gasteiger partial charge in [-0.15, -0.1) is 11.3 Å². The first-order chi connectivity index (χ1) is 16.1. The van der Waals surface area contributed by atoms with Gasteiger partial charge in [0, 0.05) is 31.0 Å². The number of rotatable bonds is 7. The summed E-state index contributed by atoms with van der Waals surface area (Å²) in [6, 6.07) is 11.2. The lowest BCUT2D eigenvalue weighted by molar-refractivity contribution is -0.121. The van der Waals surface area contributed by atoms with Crippen LogP contribution in [0.5, 0.6) is 5.75 Å². The number of hydrogen-bond acceptors (Lipinski definition) is 6. The van der Waals surface area contributed by atoms with Gasteiger partial charge in [-0.05, 0) is 50.5 Å². The van der Waals surface area contributed by atoms with Gasteiger partial charge in [0.25, 0.3) is 5.91 Å².